The van der Waals surface area contributed by atoms with Crippen LogP contribution >= 0.6 is 0 Å². The van der Waals surface area contributed by atoms with E-state index in [0.717, 1.165) is 26.1 Å². The number of rotatable bonds is 0. The van der Waals surface area contributed by atoms with E-state index in [0.29, 0.717) is 6.54 Å². The van der Waals surface area contributed by atoms with Crippen molar-refractivity contribution in [1.82, 2.24) is 10.2 Å². The van der Waals surface area contributed by atoms with Crippen LogP contribution in [0.3, 0.4) is 0 Å². The fourth-order valence-corrected chi connectivity index (χ4v) is 2.27. The third-order valence-electron chi connectivity index (χ3n) is 3.04. The van der Waals surface area contributed by atoms with Crippen molar-refractivity contribution in [3.63, 3.8) is 0 Å². The van der Waals surface area contributed by atoms with Crippen molar-refractivity contribution in [1.29, 1.82) is 0 Å². The number of carbonyl (C=O) groups is 1. The molecule has 17 heavy (non-hydrogen) atoms. The summed E-state index contributed by atoms with van der Waals surface area (Å²) in [5, 5.41) is 3.39. The molecule has 0 radical (unpaired) electrons. The molecule has 2 aliphatic heterocycles. The summed E-state index contributed by atoms with van der Waals surface area (Å²) in [7, 11) is 0. The van der Waals surface area contributed by atoms with Gasteiger partial charge in [0.25, 0.3) is 0 Å². The van der Waals surface area contributed by atoms with Gasteiger partial charge < -0.3 is 19.7 Å². The second-order valence-corrected chi connectivity index (χ2v) is 5.68. The number of likely N-dealkylation sites (tertiary alicyclic amines) is 1. The predicted molar refractivity (Wildman–Crippen MR) is 64.0 cm³/mol. The molecule has 2 rings (SSSR count). The Morgan fingerprint density at radius 1 is 1.47 bits per heavy atom. The number of fused-ring (bicyclic) bond motifs is 1. The van der Waals surface area contributed by atoms with Crippen molar-refractivity contribution in [2.24, 2.45) is 0 Å². The lowest BCUT2D eigenvalue weighted by molar-refractivity contribution is -0.0484. The molecule has 2 saturated heterocycles. The SMILES string of the molecule is CC(C)(C)OC(=O)N1CC[C@H]2OCCN[C@H]2C1. The highest BCUT2D eigenvalue weighted by atomic mass is 16.6. The zero-order valence-corrected chi connectivity index (χ0v) is 10.9. The van der Waals surface area contributed by atoms with E-state index in [1.807, 2.05) is 20.8 Å². The maximum atomic E-state index is 11.9. The van der Waals surface area contributed by atoms with Crippen molar-refractivity contribution in [2.75, 3.05) is 26.2 Å². The molecule has 2 atom stereocenters. The standard InChI is InChI=1S/C12H22N2O3/c1-12(2,3)17-11(15)14-6-4-10-9(8-14)13-5-7-16-10/h9-10,13H,4-8H2,1-3H3/t9-,10+/m0/s1. The van der Waals surface area contributed by atoms with Crippen molar-refractivity contribution in [2.45, 2.75) is 44.9 Å². The summed E-state index contributed by atoms with van der Waals surface area (Å²) in [6.45, 7) is 8.70. The molecule has 98 valence electrons. The molecule has 2 fully saturated rings. The largest absolute Gasteiger partial charge is 0.444 e. The first-order valence-corrected chi connectivity index (χ1v) is 6.28. The molecule has 0 unspecified atom stereocenters. The normalized spacial score (nSPS) is 29.7. The minimum Gasteiger partial charge on any atom is -0.444 e. The molecule has 5 heteroatoms. The molecule has 5 nitrogen and oxygen atoms in total. The van der Waals surface area contributed by atoms with Crippen LogP contribution in [0.15, 0.2) is 0 Å². The van der Waals surface area contributed by atoms with Crippen LogP contribution < -0.4 is 5.32 Å². The predicted octanol–water partition coefficient (Wildman–Crippen LogP) is 0.984. The van der Waals surface area contributed by atoms with Crippen LogP contribution in [-0.2, 0) is 9.47 Å². The van der Waals surface area contributed by atoms with Crippen molar-refractivity contribution < 1.29 is 14.3 Å². The summed E-state index contributed by atoms with van der Waals surface area (Å²) in [5.74, 6) is 0. The maximum absolute atomic E-state index is 11.9. The summed E-state index contributed by atoms with van der Waals surface area (Å²) in [6, 6.07) is 0.255. The Morgan fingerprint density at radius 2 is 2.24 bits per heavy atom. The fraction of sp³-hybridized carbons (Fsp3) is 0.917. The van der Waals surface area contributed by atoms with Gasteiger partial charge in [0.05, 0.1) is 18.8 Å². The van der Waals surface area contributed by atoms with Crippen LogP contribution in [0.5, 0.6) is 0 Å². The van der Waals surface area contributed by atoms with E-state index in [4.69, 9.17) is 9.47 Å². The molecule has 0 aliphatic carbocycles. The average molecular weight is 242 g/mol. The Balaban J connectivity index is 1.89. The van der Waals surface area contributed by atoms with Gasteiger partial charge in [0.2, 0.25) is 0 Å². The highest BCUT2D eigenvalue weighted by Gasteiger charge is 2.35. The Hall–Kier alpha value is -0.810. The van der Waals surface area contributed by atoms with Gasteiger partial charge in [-0.3, -0.25) is 0 Å². The van der Waals surface area contributed by atoms with Crippen LogP contribution in [-0.4, -0.2) is 55.0 Å². The molecule has 1 amide bonds. The van der Waals surface area contributed by atoms with Crippen molar-refractivity contribution in [3.8, 4) is 0 Å². The first-order chi connectivity index (χ1) is 7.96. The number of amides is 1. The summed E-state index contributed by atoms with van der Waals surface area (Å²) in [5.41, 5.74) is -0.426. The van der Waals surface area contributed by atoms with E-state index < -0.39 is 5.60 Å². The Labute approximate surface area is 102 Å². The van der Waals surface area contributed by atoms with Gasteiger partial charge in [0, 0.05) is 19.6 Å². The number of ether oxygens (including phenoxy) is 2. The van der Waals surface area contributed by atoms with Gasteiger partial charge in [-0.2, -0.15) is 0 Å². The number of nitrogens with one attached hydrogen (secondary N) is 1. The first-order valence-electron chi connectivity index (χ1n) is 6.28. The summed E-state index contributed by atoms with van der Waals surface area (Å²) < 4.78 is 11.0. The van der Waals surface area contributed by atoms with Gasteiger partial charge in [0.15, 0.2) is 0 Å². The van der Waals surface area contributed by atoms with Gasteiger partial charge in [-0.1, -0.05) is 0 Å². The molecule has 0 spiro atoms. The monoisotopic (exact) mass is 242 g/mol. The van der Waals surface area contributed by atoms with E-state index >= 15 is 0 Å². The van der Waals surface area contributed by atoms with Gasteiger partial charge in [-0.15, -0.1) is 0 Å². The van der Waals surface area contributed by atoms with E-state index in [9.17, 15) is 4.79 Å². The molecule has 0 aromatic carbocycles. The molecule has 2 heterocycles. The third kappa shape index (κ3) is 3.33. The average Bonchev–Trinajstić information content (AvgIpc) is 2.26. The molecule has 0 aromatic heterocycles. The minimum absolute atomic E-state index is 0.219. The molecule has 0 aromatic rings. The second kappa shape index (κ2) is 4.82. The van der Waals surface area contributed by atoms with E-state index in [-0.39, 0.29) is 18.2 Å². The summed E-state index contributed by atoms with van der Waals surface area (Å²) in [4.78, 5) is 13.7. The van der Waals surface area contributed by atoms with Crippen LogP contribution in [0.1, 0.15) is 27.2 Å². The number of piperidine rings is 1. The topological polar surface area (TPSA) is 50.8 Å². The number of morpholine rings is 1. The second-order valence-electron chi connectivity index (χ2n) is 5.68. The van der Waals surface area contributed by atoms with E-state index in [2.05, 4.69) is 5.32 Å². The van der Waals surface area contributed by atoms with E-state index in [1.165, 1.54) is 0 Å². The summed E-state index contributed by atoms with van der Waals surface area (Å²) in [6.07, 6.45) is 0.919. The number of hydrogen-bond acceptors (Lipinski definition) is 4. The summed E-state index contributed by atoms with van der Waals surface area (Å²) >= 11 is 0. The van der Waals surface area contributed by atoms with E-state index in [1.54, 1.807) is 4.90 Å². The highest BCUT2D eigenvalue weighted by Crippen LogP contribution is 2.19. The minimum atomic E-state index is -0.426. The first kappa shape index (κ1) is 12.6. The molecule has 0 bridgehead atoms. The van der Waals surface area contributed by atoms with Crippen molar-refractivity contribution in [3.05, 3.63) is 0 Å². The number of hydrogen-bond donors (Lipinski definition) is 1. The molecular formula is C12H22N2O3. The Bertz CT molecular complexity index is 288. The maximum Gasteiger partial charge on any atom is 0.410 e. The van der Waals surface area contributed by atoms with Crippen LogP contribution in [0.4, 0.5) is 4.79 Å². The van der Waals surface area contributed by atoms with Gasteiger partial charge in [0.1, 0.15) is 5.60 Å². The van der Waals surface area contributed by atoms with Crippen LogP contribution in [0.25, 0.3) is 0 Å². The third-order valence-corrected chi connectivity index (χ3v) is 3.04. The zero-order chi connectivity index (χ0) is 12.5. The highest BCUT2D eigenvalue weighted by molar-refractivity contribution is 5.68. The quantitative estimate of drug-likeness (QED) is 0.688. The van der Waals surface area contributed by atoms with Crippen LogP contribution in [0.2, 0.25) is 0 Å². The number of carbonyl (C=O) groups excluding carboxylic acids is 1. The lowest BCUT2D eigenvalue weighted by atomic mass is 10.0. The lowest BCUT2D eigenvalue weighted by Gasteiger charge is -2.41. The number of nitrogens with zero attached hydrogens (tertiary/aromatic N) is 1. The molecule has 2 aliphatic rings. The smallest absolute Gasteiger partial charge is 0.410 e. The van der Waals surface area contributed by atoms with Gasteiger partial charge in [-0.05, 0) is 27.2 Å². The molecule has 1 N–H and O–H groups in total. The molecular weight excluding hydrogens is 220 g/mol. The van der Waals surface area contributed by atoms with Gasteiger partial charge >= 0.3 is 6.09 Å². The fourth-order valence-electron chi connectivity index (χ4n) is 2.27. The van der Waals surface area contributed by atoms with Crippen molar-refractivity contribution >= 4 is 6.09 Å². The lowest BCUT2D eigenvalue weighted by Crippen LogP contribution is -2.59. The van der Waals surface area contributed by atoms with Crippen LogP contribution in [0, 0.1) is 0 Å². The van der Waals surface area contributed by atoms with Gasteiger partial charge in [-0.25, -0.2) is 4.79 Å². The molecule has 0 saturated carbocycles. The Morgan fingerprint density at radius 3 is 2.94 bits per heavy atom. The Kier molecular flexibility index (Phi) is 3.58. The zero-order valence-electron chi connectivity index (χ0n) is 10.9.